The molecule has 0 radical (unpaired) electrons. The van der Waals surface area contributed by atoms with E-state index in [0.29, 0.717) is 11.5 Å². The van der Waals surface area contributed by atoms with Crippen LogP contribution in [0.1, 0.15) is 77.7 Å². The molecule has 3 fully saturated rings. The third-order valence-electron chi connectivity index (χ3n) is 8.41. The van der Waals surface area contributed by atoms with E-state index in [1.54, 1.807) is 0 Å². The molecule has 2 heteroatoms. The Labute approximate surface area is 189 Å². The fraction of sp³-hybridized carbons (Fsp3) is 0.655. The number of rotatable bonds is 4. The van der Waals surface area contributed by atoms with Crippen molar-refractivity contribution in [3.8, 4) is 5.75 Å². The van der Waals surface area contributed by atoms with Crippen LogP contribution in [0.3, 0.4) is 0 Å². The molecule has 2 aromatic rings. The monoisotopic (exact) mass is 419 g/mol. The van der Waals surface area contributed by atoms with Crippen LogP contribution in [0, 0.1) is 23.2 Å². The Hall–Kier alpha value is -1.54. The average Bonchev–Trinajstić information content (AvgIpc) is 2.73. The Morgan fingerprint density at radius 1 is 0.839 bits per heavy atom. The first kappa shape index (κ1) is 21.3. The SMILES string of the molecule is CC(C)(C)C1CCC(Oc2ccc3cc(CN4CC5CCCC(C5)C4)ccc3c2)CC1. The second-order valence-electron chi connectivity index (χ2n) is 11.9. The number of nitrogens with zero attached hydrogens (tertiary/aromatic N) is 1. The second-order valence-corrected chi connectivity index (χ2v) is 11.9. The fourth-order valence-corrected chi connectivity index (χ4v) is 6.61. The number of piperidine rings is 1. The molecule has 0 amide bonds. The van der Waals surface area contributed by atoms with Gasteiger partial charge in [0.1, 0.15) is 5.75 Å². The molecular formula is C29H41NO. The molecule has 1 saturated heterocycles. The van der Waals surface area contributed by atoms with Crippen LogP contribution < -0.4 is 4.74 Å². The van der Waals surface area contributed by atoms with Crippen LogP contribution in [0.2, 0.25) is 0 Å². The lowest BCUT2D eigenvalue weighted by Gasteiger charge is -2.41. The summed E-state index contributed by atoms with van der Waals surface area (Å²) in [5.74, 6) is 3.78. The van der Waals surface area contributed by atoms with Crippen molar-refractivity contribution in [3.63, 3.8) is 0 Å². The quantitative estimate of drug-likeness (QED) is 0.510. The van der Waals surface area contributed by atoms with Crippen molar-refractivity contribution < 1.29 is 4.74 Å². The van der Waals surface area contributed by atoms with Gasteiger partial charge in [-0.2, -0.15) is 0 Å². The van der Waals surface area contributed by atoms with Crippen LogP contribution in [0.5, 0.6) is 5.75 Å². The van der Waals surface area contributed by atoms with E-state index >= 15 is 0 Å². The highest BCUT2D eigenvalue weighted by atomic mass is 16.5. The average molecular weight is 420 g/mol. The van der Waals surface area contributed by atoms with Gasteiger partial charge in [-0.3, -0.25) is 4.90 Å². The predicted octanol–water partition coefficient (Wildman–Crippen LogP) is 7.45. The lowest BCUT2D eigenvalue weighted by Crippen LogP contribution is -2.42. The molecule has 0 N–H and O–H groups in total. The highest BCUT2D eigenvalue weighted by molar-refractivity contribution is 5.84. The Kier molecular flexibility index (Phi) is 6.03. The summed E-state index contributed by atoms with van der Waals surface area (Å²) in [6.07, 6.45) is 11.2. The summed E-state index contributed by atoms with van der Waals surface area (Å²) < 4.78 is 6.41. The molecular weight excluding hydrogens is 378 g/mol. The lowest BCUT2D eigenvalue weighted by atomic mass is 9.72. The van der Waals surface area contributed by atoms with Crippen molar-refractivity contribution in [2.24, 2.45) is 23.2 Å². The smallest absolute Gasteiger partial charge is 0.120 e. The third-order valence-corrected chi connectivity index (χ3v) is 8.41. The maximum absolute atomic E-state index is 6.41. The van der Waals surface area contributed by atoms with Crippen molar-refractivity contribution in [2.75, 3.05) is 13.1 Å². The van der Waals surface area contributed by atoms with Crippen LogP contribution in [0.15, 0.2) is 36.4 Å². The largest absolute Gasteiger partial charge is 0.490 e. The fourth-order valence-electron chi connectivity index (χ4n) is 6.61. The molecule has 1 aliphatic heterocycles. The zero-order chi connectivity index (χ0) is 21.4. The summed E-state index contributed by atoms with van der Waals surface area (Å²) in [7, 11) is 0. The van der Waals surface area contributed by atoms with Crippen molar-refractivity contribution in [1.82, 2.24) is 4.90 Å². The first-order chi connectivity index (χ1) is 14.9. The van der Waals surface area contributed by atoms with Crippen LogP contribution >= 0.6 is 0 Å². The van der Waals surface area contributed by atoms with Crippen molar-refractivity contribution in [1.29, 1.82) is 0 Å². The van der Waals surface area contributed by atoms with Gasteiger partial charge < -0.3 is 4.74 Å². The molecule has 2 unspecified atom stereocenters. The normalized spacial score (nSPS) is 29.8. The molecule has 0 spiro atoms. The maximum atomic E-state index is 6.41. The molecule has 2 aromatic carbocycles. The van der Waals surface area contributed by atoms with E-state index < -0.39 is 0 Å². The predicted molar refractivity (Wildman–Crippen MR) is 131 cm³/mol. The van der Waals surface area contributed by atoms with Gasteiger partial charge in [0.25, 0.3) is 0 Å². The zero-order valence-corrected chi connectivity index (χ0v) is 19.9. The summed E-state index contributed by atoms with van der Waals surface area (Å²) in [5.41, 5.74) is 1.89. The highest BCUT2D eigenvalue weighted by Crippen LogP contribution is 2.39. The van der Waals surface area contributed by atoms with Crippen LogP contribution in [0.25, 0.3) is 10.8 Å². The molecule has 5 rings (SSSR count). The summed E-state index contributed by atoms with van der Waals surface area (Å²) in [6, 6.07) is 13.7. The first-order valence-electron chi connectivity index (χ1n) is 12.8. The van der Waals surface area contributed by atoms with E-state index in [1.165, 1.54) is 80.8 Å². The summed E-state index contributed by atoms with van der Waals surface area (Å²) >= 11 is 0. The first-order valence-corrected chi connectivity index (χ1v) is 12.8. The lowest BCUT2D eigenvalue weighted by molar-refractivity contribution is 0.0808. The van der Waals surface area contributed by atoms with Crippen LogP contribution in [0.4, 0.5) is 0 Å². The molecule has 31 heavy (non-hydrogen) atoms. The molecule has 0 aromatic heterocycles. The van der Waals surface area contributed by atoms with Gasteiger partial charge in [0.15, 0.2) is 0 Å². The molecule has 2 nitrogen and oxygen atoms in total. The van der Waals surface area contributed by atoms with Crippen LogP contribution in [-0.4, -0.2) is 24.1 Å². The van der Waals surface area contributed by atoms with E-state index in [2.05, 4.69) is 62.1 Å². The van der Waals surface area contributed by atoms with E-state index in [1.807, 2.05) is 0 Å². The van der Waals surface area contributed by atoms with E-state index in [0.717, 1.165) is 30.0 Å². The molecule has 1 heterocycles. The van der Waals surface area contributed by atoms with Crippen molar-refractivity contribution in [2.45, 2.75) is 84.8 Å². The number of likely N-dealkylation sites (tertiary alicyclic amines) is 1. The second kappa shape index (κ2) is 8.77. The van der Waals surface area contributed by atoms with E-state index in [-0.39, 0.29) is 0 Å². The van der Waals surface area contributed by atoms with Gasteiger partial charge in [-0.05, 0) is 103 Å². The Balaban J connectivity index is 1.20. The van der Waals surface area contributed by atoms with Gasteiger partial charge in [-0.25, -0.2) is 0 Å². The number of hydrogen-bond acceptors (Lipinski definition) is 2. The van der Waals surface area contributed by atoms with Gasteiger partial charge in [0.05, 0.1) is 6.10 Å². The molecule has 2 atom stereocenters. The standard InChI is InChI=1S/C29H41NO/c1-29(2,3)26-10-13-27(14-11-26)31-28-12-9-24-16-23(7-8-25(24)17-28)20-30-18-21-5-4-6-22(15-21)19-30/h7-9,12,16-17,21-22,26-27H,4-6,10-11,13-15,18-20H2,1-3H3. The third kappa shape index (κ3) is 5.11. The van der Waals surface area contributed by atoms with E-state index in [4.69, 9.17) is 4.74 Å². The van der Waals surface area contributed by atoms with Gasteiger partial charge >= 0.3 is 0 Å². The Morgan fingerprint density at radius 3 is 2.23 bits per heavy atom. The Bertz CT molecular complexity index is 877. The summed E-state index contributed by atoms with van der Waals surface area (Å²) in [4.78, 5) is 2.71. The van der Waals surface area contributed by atoms with Gasteiger partial charge in [0.2, 0.25) is 0 Å². The maximum Gasteiger partial charge on any atom is 0.120 e. The summed E-state index contributed by atoms with van der Waals surface area (Å²) in [6.45, 7) is 10.9. The minimum Gasteiger partial charge on any atom is -0.490 e. The minimum absolute atomic E-state index is 0.383. The molecule has 2 aliphatic carbocycles. The highest BCUT2D eigenvalue weighted by Gasteiger charge is 2.31. The van der Waals surface area contributed by atoms with Gasteiger partial charge in [0, 0.05) is 19.6 Å². The molecule has 168 valence electrons. The minimum atomic E-state index is 0.383. The number of fused-ring (bicyclic) bond motifs is 3. The van der Waals surface area contributed by atoms with Gasteiger partial charge in [-0.1, -0.05) is 45.4 Å². The topological polar surface area (TPSA) is 12.5 Å². The Morgan fingerprint density at radius 2 is 1.52 bits per heavy atom. The summed E-state index contributed by atoms with van der Waals surface area (Å²) in [5, 5.41) is 2.65. The zero-order valence-electron chi connectivity index (χ0n) is 19.9. The van der Waals surface area contributed by atoms with Gasteiger partial charge in [-0.15, -0.1) is 0 Å². The number of benzene rings is 2. The van der Waals surface area contributed by atoms with Crippen molar-refractivity contribution in [3.05, 3.63) is 42.0 Å². The number of hydrogen-bond donors (Lipinski definition) is 0. The molecule has 3 aliphatic rings. The van der Waals surface area contributed by atoms with Crippen LogP contribution in [-0.2, 0) is 6.54 Å². The molecule has 2 saturated carbocycles. The number of ether oxygens (including phenoxy) is 1. The van der Waals surface area contributed by atoms with E-state index in [9.17, 15) is 0 Å². The van der Waals surface area contributed by atoms with Crippen molar-refractivity contribution >= 4 is 10.8 Å². The molecule has 2 bridgehead atoms.